The van der Waals surface area contributed by atoms with Crippen LogP contribution in [0.25, 0.3) is 0 Å². The number of urea groups is 1. The van der Waals surface area contributed by atoms with Crippen LogP contribution in [0.1, 0.15) is 18.6 Å². The molecule has 104 valence electrons. The van der Waals surface area contributed by atoms with Crippen molar-refractivity contribution in [1.82, 2.24) is 0 Å². The van der Waals surface area contributed by atoms with Crippen LogP contribution < -0.4 is 10.6 Å². The third-order valence-electron chi connectivity index (χ3n) is 2.73. The fourth-order valence-electron chi connectivity index (χ4n) is 1.70. The topological polar surface area (TPSA) is 61.4 Å². The molecule has 1 unspecified atom stereocenters. The highest BCUT2D eigenvalue weighted by molar-refractivity contribution is 5.99. The Morgan fingerprint density at radius 1 is 1.10 bits per heavy atom. The first kappa shape index (κ1) is 14.0. The summed E-state index contributed by atoms with van der Waals surface area (Å²) < 4.78 is 13.0. The Balaban J connectivity index is 1.97. The number of rotatable bonds is 3. The van der Waals surface area contributed by atoms with Gasteiger partial charge in [-0.25, -0.2) is 9.18 Å². The molecule has 0 spiro atoms. The van der Waals surface area contributed by atoms with Crippen molar-refractivity contribution in [3.05, 3.63) is 59.9 Å². The number of hydrogen-bond donors (Lipinski definition) is 3. The van der Waals surface area contributed by atoms with Crippen molar-refractivity contribution in [3.63, 3.8) is 0 Å². The molecule has 3 N–H and O–H groups in total. The van der Waals surface area contributed by atoms with E-state index in [0.717, 1.165) is 5.56 Å². The molecule has 4 nitrogen and oxygen atoms in total. The Morgan fingerprint density at radius 3 is 2.35 bits per heavy atom. The fraction of sp³-hybridized carbons (Fsp3) is 0.133. The van der Waals surface area contributed by atoms with E-state index in [4.69, 9.17) is 0 Å². The van der Waals surface area contributed by atoms with Crippen LogP contribution in [0.4, 0.5) is 20.6 Å². The van der Waals surface area contributed by atoms with Crippen LogP contribution in [0.5, 0.6) is 0 Å². The molecular formula is C15H15FN2O2. The SMILES string of the molecule is CC(O)c1ccc(NC(=O)Nc2cccc(F)c2)cc1. The Kier molecular flexibility index (Phi) is 4.32. The summed E-state index contributed by atoms with van der Waals surface area (Å²) in [4.78, 5) is 11.7. The van der Waals surface area contributed by atoms with Crippen molar-refractivity contribution >= 4 is 17.4 Å². The van der Waals surface area contributed by atoms with Crippen LogP contribution in [-0.4, -0.2) is 11.1 Å². The van der Waals surface area contributed by atoms with Crippen molar-refractivity contribution in [3.8, 4) is 0 Å². The van der Waals surface area contributed by atoms with E-state index < -0.39 is 18.0 Å². The molecule has 0 aliphatic rings. The van der Waals surface area contributed by atoms with E-state index in [1.54, 1.807) is 37.3 Å². The molecule has 0 aromatic heterocycles. The smallest absolute Gasteiger partial charge is 0.323 e. The summed E-state index contributed by atoms with van der Waals surface area (Å²) in [6.45, 7) is 1.67. The molecule has 2 aromatic carbocycles. The van der Waals surface area contributed by atoms with Gasteiger partial charge in [0.1, 0.15) is 5.82 Å². The van der Waals surface area contributed by atoms with Crippen LogP contribution in [-0.2, 0) is 0 Å². The summed E-state index contributed by atoms with van der Waals surface area (Å²) >= 11 is 0. The highest BCUT2D eigenvalue weighted by atomic mass is 19.1. The molecule has 2 aromatic rings. The van der Waals surface area contributed by atoms with Crippen LogP contribution in [0, 0.1) is 5.82 Å². The van der Waals surface area contributed by atoms with Crippen LogP contribution in [0.15, 0.2) is 48.5 Å². The van der Waals surface area contributed by atoms with Crippen molar-refractivity contribution in [2.45, 2.75) is 13.0 Å². The highest BCUT2D eigenvalue weighted by Crippen LogP contribution is 2.16. The number of carbonyl (C=O) groups is 1. The van der Waals surface area contributed by atoms with Gasteiger partial charge in [-0.15, -0.1) is 0 Å². The Bertz CT molecular complexity index is 597. The number of halogens is 1. The van der Waals surface area contributed by atoms with Gasteiger partial charge in [-0.1, -0.05) is 18.2 Å². The number of aliphatic hydroxyl groups excluding tert-OH is 1. The minimum absolute atomic E-state index is 0.378. The maximum absolute atomic E-state index is 13.0. The number of nitrogens with one attached hydrogen (secondary N) is 2. The van der Waals surface area contributed by atoms with E-state index in [1.807, 2.05) is 0 Å². The zero-order valence-electron chi connectivity index (χ0n) is 10.9. The van der Waals surface area contributed by atoms with E-state index in [1.165, 1.54) is 18.2 Å². The minimum Gasteiger partial charge on any atom is -0.389 e. The van der Waals surface area contributed by atoms with Gasteiger partial charge in [0.25, 0.3) is 0 Å². The molecule has 0 aliphatic carbocycles. The molecule has 5 heteroatoms. The molecule has 0 saturated carbocycles. The van der Waals surface area contributed by atoms with Gasteiger partial charge in [-0.05, 0) is 42.8 Å². The second-order valence-corrected chi connectivity index (χ2v) is 4.39. The summed E-state index contributed by atoms with van der Waals surface area (Å²) in [6, 6.07) is 12.0. The number of aliphatic hydroxyl groups is 1. The van der Waals surface area contributed by atoms with Gasteiger partial charge >= 0.3 is 6.03 Å². The largest absolute Gasteiger partial charge is 0.389 e. The molecular weight excluding hydrogens is 259 g/mol. The highest BCUT2D eigenvalue weighted by Gasteiger charge is 2.04. The van der Waals surface area contributed by atoms with E-state index in [-0.39, 0.29) is 0 Å². The summed E-state index contributed by atoms with van der Waals surface area (Å²) in [5, 5.41) is 14.5. The third-order valence-corrected chi connectivity index (χ3v) is 2.73. The number of carbonyl (C=O) groups excluding carboxylic acids is 1. The summed E-state index contributed by atoms with van der Waals surface area (Å²) in [5.74, 6) is -0.413. The molecule has 0 bridgehead atoms. The molecule has 0 radical (unpaired) electrons. The summed E-state index contributed by atoms with van der Waals surface area (Å²) in [7, 11) is 0. The quantitative estimate of drug-likeness (QED) is 0.802. The Hall–Kier alpha value is -2.40. The van der Waals surface area contributed by atoms with E-state index in [9.17, 15) is 14.3 Å². The van der Waals surface area contributed by atoms with Gasteiger partial charge in [0.05, 0.1) is 6.10 Å². The minimum atomic E-state index is -0.551. The number of benzene rings is 2. The molecule has 0 fully saturated rings. The lowest BCUT2D eigenvalue weighted by Gasteiger charge is -2.09. The fourth-order valence-corrected chi connectivity index (χ4v) is 1.70. The lowest BCUT2D eigenvalue weighted by atomic mass is 10.1. The lowest BCUT2D eigenvalue weighted by molar-refractivity contribution is 0.199. The lowest BCUT2D eigenvalue weighted by Crippen LogP contribution is -2.19. The van der Waals surface area contributed by atoms with Gasteiger partial charge in [-0.3, -0.25) is 0 Å². The third kappa shape index (κ3) is 3.80. The zero-order valence-corrected chi connectivity index (χ0v) is 10.9. The maximum atomic E-state index is 13.0. The first-order chi connectivity index (χ1) is 9.54. The second-order valence-electron chi connectivity index (χ2n) is 4.39. The zero-order chi connectivity index (χ0) is 14.5. The van der Waals surface area contributed by atoms with Crippen LogP contribution in [0.3, 0.4) is 0 Å². The first-order valence-corrected chi connectivity index (χ1v) is 6.16. The van der Waals surface area contributed by atoms with E-state index in [2.05, 4.69) is 10.6 Å². The van der Waals surface area contributed by atoms with E-state index >= 15 is 0 Å². The van der Waals surface area contributed by atoms with Gasteiger partial charge in [-0.2, -0.15) is 0 Å². The van der Waals surface area contributed by atoms with Crippen molar-refractivity contribution in [2.24, 2.45) is 0 Å². The molecule has 0 saturated heterocycles. The Labute approximate surface area is 116 Å². The first-order valence-electron chi connectivity index (χ1n) is 6.16. The summed E-state index contributed by atoms with van der Waals surface area (Å²) in [5.41, 5.74) is 1.73. The van der Waals surface area contributed by atoms with Gasteiger partial charge in [0, 0.05) is 11.4 Å². The average Bonchev–Trinajstić information content (AvgIpc) is 2.39. The molecule has 20 heavy (non-hydrogen) atoms. The molecule has 0 aliphatic heterocycles. The van der Waals surface area contributed by atoms with Crippen LogP contribution in [0.2, 0.25) is 0 Å². The van der Waals surface area contributed by atoms with E-state index in [0.29, 0.717) is 11.4 Å². The monoisotopic (exact) mass is 274 g/mol. The summed E-state index contributed by atoms with van der Waals surface area (Å²) in [6.07, 6.45) is -0.551. The number of amides is 2. The second kappa shape index (κ2) is 6.16. The van der Waals surface area contributed by atoms with Gasteiger partial charge in [0.15, 0.2) is 0 Å². The molecule has 1 atom stereocenters. The van der Waals surface area contributed by atoms with Crippen molar-refractivity contribution < 1.29 is 14.3 Å². The van der Waals surface area contributed by atoms with Gasteiger partial charge in [0.2, 0.25) is 0 Å². The molecule has 0 heterocycles. The maximum Gasteiger partial charge on any atom is 0.323 e. The standard InChI is InChI=1S/C15H15FN2O2/c1-10(19)11-5-7-13(8-6-11)17-15(20)18-14-4-2-3-12(16)9-14/h2-10,19H,1H3,(H2,17,18,20). The number of hydrogen-bond acceptors (Lipinski definition) is 2. The van der Waals surface area contributed by atoms with Crippen molar-refractivity contribution in [2.75, 3.05) is 10.6 Å². The molecule has 2 amide bonds. The van der Waals surface area contributed by atoms with Gasteiger partial charge < -0.3 is 15.7 Å². The predicted octanol–water partition coefficient (Wildman–Crippen LogP) is 3.52. The van der Waals surface area contributed by atoms with Crippen molar-refractivity contribution in [1.29, 1.82) is 0 Å². The Morgan fingerprint density at radius 2 is 1.75 bits per heavy atom. The number of anilines is 2. The molecule has 2 rings (SSSR count). The van der Waals surface area contributed by atoms with Crippen LogP contribution >= 0.6 is 0 Å². The predicted molar refractivity (Wildman–Crippen MR) is 76.1 cm³/mol. The average molecular weight is 274 g/mol. The normalized spacial score (nSPS) is 11.8.